The summed E-state index contributed by atoms with van der Waals surface area (Å²) in [6, 6.07) is 1.18. The third-order valence-corrected chi connectivity index (χ3v) is 2.25. The standard InChI is InChI=1S/C10H16N4O4/c1-10(18,8(15)16)6-12-9(17)11-5-7-3-4-14(2)13-7/h3-4,18H,5-6H2,1-2H3,(H,15,16)(H2,11,12,17). The first-order valence-corrected chi connectivity index (χ1v) is 5.27. The summed E-state index contributed by atoms with van der Waals surface area (Å²) in [6.45, 7) is 0.951. The number of hydrogen-bond acceptors (Lipinski definition) is 4. The summed E-state index contributed by atoms with van der Waals surface area (Å²) in [4.78, 5) is 21.9. The van der Waals surface area contributed by atoms with Crippen LogP contribution in [-0.4, -0.2) is 44.1 Å². The zero-order chi connectivity index (χ0) is 13.8. The highest BCUT2D eigenvalue weighted by atomic mass is 16.4. The van der Waals surface area contributed by atoms with Crippen LogP contribution >= 0.6 is 0 Å². The van der Waals surface area contributed by atoms with Crippen LogP contribution in [0.4, 0.5) is 4.79 Å². The van der Waals surface area contributed by atoms with Gasteiger partial charge in [0, 0.05) is 13.2 Å². The van der Waals surface area contributed by atoms with Gasteiger partial charge in [-0.15, -0.1) is 0 Å². The maximum atomic E-state index is 11.3. The topological polar surface area (TPSA) is 116 Å². The maximum Gasteiger partial charge on any atom is 0.337 e. The summed E-state index contributed by atoms with van der Waals surface area (Å²) in [5.41, 5.74) is -1.31. The zero-order valence-corrected chi connectivity index (χ0v) is 10.2. The lowest BCUT2D eigenvalue weighted by Gasteiger charge is -2.18. The number of urea groups is 1. The molecule has 8 nitrogen and oxygen atoms in total. The van der Waals surface area contributed by atoms with Crippen molar-refractivity contribution in [1.29, 1.82) is 0 Å². The van der Waals surface area contributed by atoms with Crippen molar-refractivity contribution in [2.24, 2.45) is 7.05 Å². The molecule has 0 saturated carbocycles. The van der Waals surface area contributed by atoms with Crippen molar-refractivity contribution in [2.75, 3.05) is 6.54 Å². The fourth-order valence-corrected chi connectivity index (χ4v) is 1.12. The van der Waals surface area contributed by atoms with Crippen LogP contribution in [0.15, 0.2) is 12.3 Å². The van der Waals surface area contributed by atoms with E-state index < -0.39 is 17.6 Å². The Morgan fingerprint density at radius 2 is 2.17 bits per heavy atom. The number of amides is 2. The van der Waals surface area contributed by atoms with Gasteiger partial charge in [0.15, 0.2) is 5.60 Å². The average Bonchev–Trinajstić information content (AvgIpc) is 2.69. The van der Waals surface area contributed by atoms with Crippen LogP contribution in [-0.2, 0) is 18.4 Å². The van der Waals surface area contributed by atoms with Crippen LogP contribution in [0.3, 0.4) is 0 Å². The molecule has 1 aromatic heterocycles. The minimum atomic E-state index is -1.98. The molecule has 0 aliphatic heterocycles. The number of aliphatic hydroxyl groups is 1. The summed E-state index contributed by atoms with van der Waals surface area (Å²) in [5.74, 6) is -1.40. The van der Waals surface area contributed by atoms with Gasteiger partial charge in [-0.3, -0.25) is 4.68 Å². The Morgan fingerprint density at radius 1 is 1.50 bits per heavy atom. The van der Waals surface area contributed by atoms with Crippen molar-refractivity contribution in [3.8, 4) is 0 Å². The summed E-state index contributed by atoms with van der Waals surface area (Å²) < 4.78 is 1.60. The number of aliphatic carboxylic acids is 1. The van der Waals surface area contributed by atoms with Gasteiger partial charge in [0.05, 0.1) is 18.8 Å². The Kier molecular flexibility index (Phi) is 4.27. The van der Waals surface area contributed by atoms with Crippen molar-refractivity contribution < 1.29 is 19.8 Å². The molecule has 1 heterocycles. The van der Waals surface area contributed by atoms with Gasteiger partial charge in [-0.2, -0.15) is 5.10 Å². The number of aromatic nitrogens is 2. The van der Waals surface area contributed by atoms with Crippen LogP contribution in [0.2, 0.25) is 0 Å². The van der Waals surface area contributed by atoms with Crippen LogP contribution in [0.5, 0.6) is 0 Å². The first kappa shape index (κ1) is 14.0. The quantitative estimate of drug-likeness (QED) is 0.542. The molecule has 0 radical (unpaired) electrons. The number of aryl methyl sites for hydroxylation is 1. The monoisotopic (exact) mass is 256 g/mol. The maximum absolute atomic E-state index is 11.3. The van der Waals surface area contributed by atoms with Gasteiger partial charge in [-0.25, -0.2) is 9.59 Å². The Hall–Kier alpha value is -2.09. The van der Waals surface area contributed by atoms with Gasteiger partial charge in [-0.05, 0) is 13.0 Å². The normalized spacial score (nSPS) is 13.7. The second-order valence-corrected chi connectivity index (χ2v) is 4.10. The molecule has 0 spiro atoms. The van der Waals surface area contributed by atoms with Crippen LogP contribution in [0.25, 0.3) is 0 Å². The second-order valence-electron chi connectivity index (χ2n) is 4.10. The molecule has 100 valence electrons. The molecule has 2 amide bonds. The lowest BCUT2D eigenvalue weighted by molar-refractivity contribution is -0.155. The van der Waals surface area contributed by atoms with E-state index in [4.69, 9.17) is 5.11 Å². The van der Waals surface area contributed by atoms with E-state index in [1.165, 1.54) is 0 Å². The van der Waals surface area contributed by atoms with E-state index >= 15 is 0 Å². The van der Waals surface area contributed by atoms with E-state index in [0.29, 0.717) is 5.69 Å². The third-order valence-electron chi connectivity index (χ3n) is 2.25. The largest absolute Gasteiger partial charge is 0.479 e. The molecule has 1 unspecified atom stereocenters. The van der Waals surface area contributed by atoms with Crippen LogP contribution in [0, 0.1) is 0 Å². The van der Waals surface area contributed by atoms with Crippen molar-refractivity contribution in [1.82, 2.24) is 20.4 Å². The highest BCUT2D eigenvalue weighted by Gasteiger charge is 2.30. The highest BCUT2D eigenvalue weighted by Crippen LogP contribution is 2.00. The Balaban J connectivity index is 2.32. The zero-order valence-electron chi connectivity index (χ0n) is 10.2. The van der Waals surface area contributed by atoms with Crippen LogP contribution < -0.4 is 10.6 Å². The van der Waals surface area contributed by atoms with E-state index in [9.17, 15) is 14.7 Å². The SMILES string of the molecule is Cn1ccc(CNC(=O)NCC(C)(O)C(=O)O)n1. The molecule has 8 heteroatoms. The number of hydrogen-bond donors (Lipinski definition) is 4. The van der Waals surface area contributed by atoms with Gasteiger partial charge in [0.2, 0.25) is 0 Å². The predicted molar refractivity (Wildman–Crippen MR) is 61.7 cm³/mol. The van der Waals surface area contributed by atoms with E-state index in [0.717, 1.165) is 6.92 Å². The molecule has 1 aromatic rings. The summed E-state index contributed by atoms with van der Waals surface area (Å²) in [5, 5.41) is 26.8. The number of carbonyl (C=O) groups excluding carboxylic acids is 1. The number of rotatable bonds is 5. The average molecular weight is 256 g/mol. The van der Waals surface area contributed by atoms with E-state index in [2.05, 4.69) is 15.7 Å². The molecule has 0 aliphatic rings. The summed E-state index contributed by atoms with van der Waals surface area (Å²) in [6.07, 6.45) is 1.74. The smallest absolute Gasteiger partial charge is 0.337 e. The van der Waals surface area contributed by atoms with Crippen molar-refractivity contribution >= 4 is 12.0 Å². The lowest BCUT2D eigenvalue weighted by atomic mass is 10.1. The second kappa shape index (κ2) is 5.50. The number of carboxylic acids is 1. The van der Waals surface area contributed by atoms with Gasteiger partial charge in [0.1, 0.15) is 0 Å². The highest BCUT2D eigenvalue weighted by molar-refractivity contribution is 5.79. The van der Waals surface area contributed by atoms with Crippen molar-refractivity contribution in [3.05, 3.63) is 18.0 Å². The minimum Gasteiger partial charge on any atom is -0.479 e. The van der Waals surface area contributed by atoms with Gasteiger partial charge in [-0.1, -0.05) is 0 Å². The van der Waals surface area contributed by atoms with Gasteiger partial charge >= 0.3 is 12.0 Å². The molecule has 1 atom stereocenters. The van der Waals surface area contributed by atoms with Gasteiger partial charge in [0.25, 0.3) is 0 Å². The minimum absolute atomic E-state index is 0.224. The summed E-state index contributed by atoms with van der Waals surface area (Å²) in [7, 11) is 1.76. The fourth-order valence-electron chi connectivity index (χ4n) is 1.12. The van der Waals surface area contributed by atoms with Crippen molar-refractivity contribution in [3.63, 3.8) is 0 Å². The predicted octanol–water partition coefficient (Wildman–Crippen LogP) is -0.945. The molecule has 4 N–H and O–H groups in total. The number of nitrogens with one attached hydrogen (secondary N) is 2. The van der Waals surface area contributed by atoms with E-state index in [1.807, 2.05) is 0 Å². The Labute approximate surface area is 104 Å². The van der Waals surface area contributed by atoms with E-state index in [1.54, 1.807) is 24.0 Å². The molecule has 0 saturated heterocycles. The molecule has 0 aliphatic carbocycles. The summed E-state index contributed by atoms with van der Waals surface area (Å²) >= 11 is 0. The molecular weight excluding hydrogens is 240 g/mol. The first-order valence-electron chi connectivity index (χ1n) is 5.27. The Morgan fingerprint density at radius 3 is 2.67 bits per heavy atom. The number of carboxylic acid groups (broad SMARTS) is 1. The lowest BCUT2D eigenvalue weighted by Crippen LogP contribution is -2.49. The molecular formula is C10H16N4O4. The molecule has 0 bridgehead atoms. The third kappa shape index (κ3) is 4.06. The van der Waals surface area contributed by atoms with Crippen LogP contribution in [0.1, 0.15) is 12.6 Å². The fraction of sp³-hybridized carbons (Fsp3) is 0.500. The molecule has 1 rings (SSSR count). The number of carbonyl (C=O) groups is 2. The molecule has 0 fully saturated rings. The van der Waals surface area contributed by atoms with E-state index in [-0.39, 0.29) is 13.1 Å². The van der Waals surface area contributed by atoms with Gasteiger partial charge < -0.3 is 20.8 Å². The number of nitrogens with zero attached hydrogens (tertiary/aromatic N) is 2. The first-order chi connectivity index (χ1) is 8.31. The Bertz CT molecular complexity index is 441. The molecule has 18 heavy (non-hydrogen) atoms. The van der Waals surface area contributed by atoms with Crippen molar-refractivity contribution in [2.45, 2.75) is 19.1 Å². The molecule has 0 aromatic carbocycles.